The Balaban J connectivity index is 4.49. The van der Waals surface area contributed by atoms with Crippen molar-refractivity contribution in [3.8, 4) is 0 Å². The van der Waals surface area contributed by atoms with E-state index in [1.54, 1.807) is 21.0 Å². The average molecular weight is 382 g/mol. The number of ether oxygens (including phenoxy) is 1. The number of nitrogens with zero attached hydrogens (tertiary/aromatic N) is 1. The van der Waals surface area contributed by atoms with Gasteiger partial charge in [0.15, 0.2) is 0 Å². The van der Waals surface area contributed by atoms with Gasteiger partial charge in [0.25, 0.3) is 0 Å². The summed E-state index contributed by atoms with van der Waals surface area (Å²) in [7, 11) is -0.857. The number of amides is 1. The first-order valence-corrected chi connectivity index (χ1v) is 10.1. The molecule has 0 aliphatic heterocycles. The van der Waals surface area contributed by atoms with E-state index in [1.807, 2.05) is 20.8 Å². The Kier molecular flexibility index (Phi) is 9.60. The summed E-state index contributed by atoms with van der Waals surface area (Å²) in [6.07, 6.45) is 0.957. The molecule has 8 nitrogen and oxygen atoms in total. The van der Waals surface area contributed by atoms with Crippen LogP contribution in [0.1, 0.15) is 40.5 Å². The molecular weight excluding hydrogens is 348 g/mol. The highest BCUT2D eigenvalue weighted by Gasteiger charge is 2.27. The van der Waals surface area contributed by atoms with Gasteiger partial charge in [-0.1, -0.05) is 13.8 Å². The van der Waals surface area contributed by atoms with Gasteiger partial charge in [-0.05, 0) is 26.7 Å². The SMILES string of the molecule is CCC(CC(C)C(=O)NC(C)C)C(=O)OCC[N+](C)(C)CS(=O)(=O)O. The maximum Gasteiger partial charge on any atom is 0.316 e. The molecule has 0 saturated heterocycles. The Morgan fingerprint density at radius 3 is 2.20 bits per heavy atom. The average Bonchev–Trinajstić information content (AvgIpc) is 2.40. The number of likely N-dealkylation sites (N-methyl/N-ethyl adjacent to an activating group) is 1. The lowest BCUT2D eigenvalue weighted by Crippen LogP contribution is -2.46. The number of carbonyl (C=O) groups is 2. The van der Waals surface area contributed by atoms with E-state index < -0.39 is 22.0 Å². The summed E-state index contributed by atoms with van der Waals surface area (Å²) in [5.74, 6) is -1.61. The van der Waals surface area contributed by atoms with Crippen LogP contribution in [0, 0.1) is 11.8 Å². The lowest BCUT2D eigenvalue weighted by atomic mass is 9.93. The first-order chi connectivity index (χ1) is 11.3. The van der Waals surface area contributed by atoms with Crippen LogP contribution >= 0.6 is 0 Å². The van der Waals surface area contributed by atoms with Crippen LogP contribution in [0.2, 0.25) is 0 Å². The Bertz CT molecular complexity index is 545. The Hall–Kier alpha value is -1.19. The second-order valence-electron chi connectivity index (χ2n) is 7.44. The molecule has 0 aliphatic rings. The quantitative estimate of drug-likeness (QED) is 0.314. The zero-order valence-electron chi connectivity index (χ0n) is 16.1. The molecule has 9 heteroatoms. The third kappa shape index (κ3) is 11.1. The van der Waals surface area contributed by atoms with Crippen molar-refractivity contribution in [2.75, 3.05) is 33.1 Å². The van der Waals surface area contributed by atoms with Crippen LogP contribution in [0.3, 0.4) is 0 Å². The number of nitrogens with one attached hydrogen (secondary N) is 1. The molecule has 0 heterocycles. The van der Waals surface area contributed by atoms with Crippen LogP contribution < -0.4 is 5.32 Å². The van der Waals surface area contributed by atoms with E-state index in [9.17, 15) is 18.0 Å². The highest BCUT2D eigenvalue weighted by atomic mass is 32.2. The second-order valence-corrected chi connectivity index (χ2v) is 8.87. The van der Waals surface area contributed by atoms with Gasteiger partial charge < -0.3 is 14.5 Å². The van der Waals surface area contributed by atoms with Gasteiger partial charge in [-0.15, -0.1) is 0 Å². The lowest BCUT2D eigenvalue weighted by Gasteiger charge is -2.28. The van der Waals surface area contributed by atoms with Crippen LogP contribution in [-0.4, -0.2) is 68.5 Å². The summed E-state index contributed by atoms with van der Waals surface area (Å²) >= 11 is 0. The molecule has 0 aromatic carbocycles. The fourth-order valence-electron chi connectivity index (χ4n) is 2.41. The van der Waals surface area contributed by atoms with Crippen molar-refractivity contribution < 1.29 is 31.8 Å². The van der Waals surface area contributed by atoms with Gasteiger partial charge in [0.05, 0.1) is 20.0 Å². The monoisotopic (exact) mass is 381 g/mol. The van der Waals surface area contributed by atoms with Crippen molar-refractivity contribution in [3.05, 3.63) is 0 Å². The van der Waals surface area contributed by atoms with Crippen molar-refractivity contribution in [3.63, 3.8) is 0 Å². The van der Waals surface area contributed by atoms with Gasteiger partial charge in [0, 0.05) is 12.0 Å². The van der Waals surface area contributed by atoms with E-state index in [4.69, 9.17) is 9.29 Å². The number of hydrogen-bond acceptors (Lipinski definition) is 5. The molecule has 0 fully saturated rings. The van der Waals surface area contributed by atoms with Crippen LogP contribution in [0.25, 0.3) is 0 Å². The highest BCUT2D eigenvalue weighted by molar-refractivity contribution is 7.85. The molecule has 0 bridgehead atoms. The Morgan fingerprint density at radius 1 is 1.20 bits per heavy atom. The Morgan fingerprint density at radius 2 is 1.76 bits per heavy atom. The molecule has 2 unspecified atom stereocenters. The van der Waals surface area contributed by atoms with Crippen LogP contribution in [0.4, 0.5) is 0 Å². The van der Waals surface area contributed by atoms with Crippen LogP contribution in [0.15, 0.2) is 0 Å². The number of quaternary nitrogens is 1. The Labute approximate surface area is 151 Å². The lowest BCUT2D eigenvalue weighted by molar-refractivity contribution is -0.878. The molecule has 0 aromatic rings. The summed E-state index contributed by atoms with van der Waals surface area (Å²) in [4.78, 5) is 24.2. The normalized spacial score (nSPS) is 14.9. The summed E-state index contributed by atoms with van der Waals surface area (Å²) < 4.78 is 36.0. The third-order valence-corrected chi connectivity index (χ3v) is 4.82. The predicted molar refractivity (Wildman–Crippen MR) is 95.2 cm³/mol. The number of rotatable bonds is 11. The fourth-order valence-corrected chi connectivity index (χ4v) is 3.42. The molecule has 0 radical (unpaired) electrons. The van der Waals surface area contributed by atoms with Crippen molar-refractivity contribution in [1.29, 1.82) is 0 Å². The molecule has 0 spiro atoms. The summed E-state index contributed by atoms with van der Waals surface area (Å²) in [5, 5.41) is 2.82. The zero-order valence-corrected chi connectivity index (χ0v) is 16.9. The van der Waals surface area contributed by atoms with Gasteiger partial charge in [-0.2, -0.15) is 8.42 Å². The van der Waals surface area contributed by atoms with Crippen molar-refractivity contribution >= 4 is 22.0 Å². The fraction of sp³-hybridized carbons (Fsp3) is 0.875. The van der Waals surface area contributed by atoms with Crippen LogP contribution in [-0.2, 0) is 24.4 Å². The summed E-state index contributed by atoms with van der Waals surface area (Å²) in [6.45, 7) is 7.69. The van der Waals surface area contributed by atoms with Crippen LogP contribution in [0.5, 0.6) is 0 Å². The van der Waals surface area contributed by atoms with E-state index in [0.717, 1.165) is 0 Å². The molecule has 0 aromatic heterocycles. The molecule has 2 N–H and O–H groups in total. The van der Waals surface area contributed by atoms with Crippen molar-refractivity contribution in [1.82, 2.24) is 5.32 Å². The van der Waals surface area contributed by atoms with Crippen molar-refractivity contribution in [2.45, 2.75) is 46.6 Å². The smallest absolute Gasteiger partial charge is 0.316 e. The molecule has 0 rings (SSSR count). The third-order valence-electron chi connectivity index (χ3n) is 3.80. The zero-order chi connectivity index (χ0) is 19.8. The minimum Gasteiger partial charge on any atom is -0.459 e. The molecule has 1 amide bonds. The van der Waals surface area contributed by atoms with E-state index in [2.05, 4.69) is 5.32 Å². The number of esters is 1. The maximum atomic E-state index is 12.2. The first-order valence-electron chi connectivity index (χ1n) is 8.51. The second kappa shape index (κ2) is 10.1. The largest absolute Gasteiger partial charge is 0.459 e. The minimum absolute atomic E-state index is 0.0178. The van der Waals surface area contributed by atoms with Gasteiger partial charge in [0.1, 0.15) is 13.2 Å². The molecule has 25 heavy (non-hydrogen) atoms. The van der Waals surface area contributed by atoms with Gasteiger partial charge in [0.2, 0.25) is 11.8 Å². The molecule has 0 aliphatic carbocycles. The molecule has 0 saturated carbocycles. The maximum absolute atomic E-state index is 12.2. The van der Waals surface area contributed by atoms with Crippen molar-refractivity contribution in [2.24, 2.45) is 11.8 Å². The molecule has 148 valence electrons. The minimum atomic E-state index is -4.10. The van der Waals surface area contributed by atoms with E-state index in [1.165, 1.54) is 0 Å². The standard InChI is InChI=1S/C16H32N2O6S/c1-7-14(10-13(4)15(19)17-12(2)3)16(20)24-9-8-18(5,6)11-25(21,22)23/h12-14H,7-11H2,1-6H3,(H-,17,19,21,22,23)/p+1. The van der Waals surface area contributed by atoms with E-state index in [-0.39, 0.29) is 41.4 Å². The predicted octanol–water partition coefficient (Wildman–Crippen LogP) is 1.03. The topological polar surface area (TPSA) is 110 Å². The highest BCUT2D eigenvalue weighted by Crippen LogP contribution is 2.18. The van der Waals surface area contributed by atoms with Gasteiger partial charge in [-0.25, -0.2) is 0 Å². The summed E-state index contributed by atoms with van der Waals surface area (Å²) in [6, 6.07) is 0.0461. The number of hydrogen-bond donors (Lipinski definition) is 2. The number of carbonyl (C=O) groups excluding carboxylic acids is 2. The first kappa shape index (κ1) is 23.8. The molecule has 2 atom stereocenters. The van der Waals surface area contributed by atoms with E-state index in [0.29, 0.717) is 12.8 Å². The van der Waals surface area contributed by atoms with Gasteiger partial charge >= 0.3 is 16.1 Å². The van der Waals surface area contributed by atoms with E-state index >= 15 is 0 Å². The summed E-state index contributed by atoms with van der Waals surface area (Å²) in [5.41, 5.74) is 0. The van der Waals surface area contributed by atoms with Gasteiger partial charge in [-0.3, -0.25) is 14.1 Å². The molecular formula is C16H33N2O6S+.